The van der Waals surface area contributed by atoms with E-state index in [4.69, 9.17) is 5.73 Å². The number of rotatable bonds is 14. The van der Waals surface area contributed by atoms with Gasteiger partial charge in [0.05, 0.1) is 28.8 Å². The molecule has 0 saturated heterocycles. The molecule has 2 aromatic carbocycles. The van der Waals surface area contributed by atoms with Gasteiger partial charge in [0.15, 0.2) is 16.7 Å². The lowest BCUT2D eigenvalue weighted by Crippen LogP contribution is -2.39. The summed E-state index contributed by atoms with van der Waals surface area (Å²) in [5, 5.41) is 0.844. The van der Waals surface area contributed by atoms with E-state index in [0.717, 1.165) is 11.1 Å². The number of sulfonamides is 1. The fourth-order valence-electron chi connectivity index (χ4n) is 4.38. The highest BCUT2D eigenvalue weighted by atomic mass is 35.5. The third-order valence-electron chi connectivity index (χ3n) is 6.95. The van der Waals surface area contributed by atoms with Crippen molar-refractivity contribution in [2.45, 2.75) is 58.5 Å². The number of fused-ring (bicyclic) bond motifs is 1. The molecule has 0 bridgehead atoms. The number of nitrogen functional groups attached to an aromatic ring is 1. The number of aryl methyl sites for hydroxylation is 1. The smallest absolute Gasteiger partial charge is 0.241 e. The molecule has 0 radical (unpaired) electrons. The number of carbonyl (C=O) groups excluding carboxylic acids is 4. The molecule has 1 unspecified atom stereocenters. The molecule has 3 N–H and O–H groups in total. The van der Waals surface area contributed by atoms with Crippen LogP contribution < -0.4 is 15.4 Å². The molecular formula is C31H39ClN6O6S2. The second kappa shape index (κ2) is 16.1. The highest BCUT2D eigenvalue weighted by molar-refractivity contribution is 8.17. The average molecular weight is 691 g/mol. The quantitative estimate of drug-likeness (QED) is 0.142. The third-order valence-corrected chi connectivity index (χ3v) is 9.95. The number of Topliss-reactive ketones (excluding diaryl/α,β-unsaturated/α-hetero) is 2. The molecule has 1 heterocycles. The van der Waals surface area contributed by atoms with Crippen molar-refractivity contribution in [1.29, 1.82) is 0 Å². The molecule has 3 aromatic rings. The highest BCUT2D eigenvalue weighted by Crippen LogP contribution is 2.31. The van der Waals surface area contributed by atoms with Crippen LogP contribution in [0, 0.1) is 12.8 Å². The lowest BCUT2D eigenvalue weighted by molar-refractivity contribution is -0.126. The summed E-state index contributed by atoms with van der Waals surface area (Å²) in [5.41, 5.74) is 7.36. The summed E-state index contributed by atoms with van der Waals surface area (Å²) < 4.78 is 29.3. The molecule has 0 saturated carbocycles. The van der Waals surface area contributed by atoms with E-state index < -0.39 is 40.0 Å². The van der Waals surface area contributed by atoms with E-state index in [2.05, 4.69) is 14.7 Å². The van der Waals surface area contributed by atoms with Gasteiger partial charge in [0.1, 0.15) is 11.6 Å². The number of carbonyl (C=O) groups is 4. The Kier molecular flexibility index (Phi) is 13.4. The van der Waals surface area contributed by atoms with Crippen molar-refractivity contribution >= 4 is 79.6 Å². The molecule has 1 aromatic heterocycles. The number of hydrogen-bond acceptors (Lipinski definition) is 11. The first-order valence-electron chi connectivity index (χ1n) is 14.1. The second-order valence-corrected chi connectivity index (χ2v) is 13.7. The number of anilines is 2. The van der Waals surface area contributed by atoms with Crippen molar-refractivity contribution in [2.24, 2.45) is 5.92 Å². The summed E-state index contributed by atoms with van der Waals surface area (Å²) in [6.07, 6.45) is 1.23. The van der Waals surface area contributed by atoms with E-state index in [1.165, 1.54) is 31.0 Å². The summed E-state index contributed by atoms with van der Waals surface area (Å²) in [6.45, 7) is 7.72. The summed E-state index contributed by atoms with van der Waals surface area (Å²) in [4.78, 5) is 62.7. The zero-order valence-corrected chi connectivity index (χ0v) is 29.2. The number of nitrogens with two attached hydrogens (primary N) is 1. The largest absolute Gasteiger partial charge is 0.383 e. The van der Waals surface area contributed by atoms with Crippen LogP contribution in [-0.2, 0) is 35.7 Å². The van der Waals surface area contributed by atoms with E-state index in [0.29, 0.717) is 34.9 Å². The molecular weight excluding hydrogens is 652 g/mol. The maximum atomic E-state index is 13.5. The molecule has 1 amide bonds. The Labute approximate surface area is 279 Å². The highest BCUT2D eigenvalue weighted by Gasteiger charge is 2.29. The molecule has 0 spiro atoms. The first kappa shape index (κ1) is 38.3. The number of ketones is 2. The second-order valence-electron chi connectivity index (χ2n) is 11.0. The van der Waals surface area contributed by atoms with Crippen LogP contribution in [0.1, 0.15) is 45.5 Å². The maximum Gasteiger partial charge on any atom is 0.241 e. The number of aromatic nitrogens is 2. The Morgan fingerprint density at radius 1 is 1.07 bits per heavy atom. The van der Waals surface area contributed by atoms with Gasteiger partial charge in [-0.15, -0.1) is 12.4 Å². The fraction of sp³-hybridized carbons (Fsp3) is 0.355. The van der Waals surface area contributed by atoms with Crippen molar-refractivity contribution in [3.05, 3.63) is 64.6 Å². The van der Waals surface area contributed by atoms with E-state index in [9.17, 15) is 27.6 Å². The standard InChI is InChI=1S/C31H38N6O6S2.ClH/c1-18(2)31(41)44-29(20(4)37(17-38)16-22-15-33-21(5)34-30(22)32)27(40)14-26(39)19(3)35-45(42,43)28-13-9-10-23-24(28)11-8-12-25(23)36(6)7;/h8-13,15,17-19,35H,14,16H2,1-7H3,(H2,32,33,34);1H. The molecule has 12 nitrogen and oxygen atoms in total. The number of allylic oxidation sites excluding steroid dienone is 2. The fourth-order valence-corrected chi connectivity index (χ4v) is 6.71. The Morgan fingerprint density at radius 3 is 2.28 bits per heavy atom. The van der Waals surface area contributed by atoms with E-state index in [-0.39, 0.29) is 45.4 Å². The van der Waals surface area contributed by atoms with E-state index in [1.54, 1.807) is 39.0 Å². The van der Waals surface area contributed by atoms with Gasteiger partial charge < -0.3 is 15.5 Å². The van der Waals surface area contributed by atoms with Crippen LogP contribution in [0.15, 0.2) is 58.1 Å². The van der Waals surface area contributed by atoms with Gasteiger partial charge in [-0.25, -0.2) is 23.1 Å². The first-order chi connectivity index (χ1) is 21.1. The van der Waals surface area contributed by atoms with Crippen LogP contribution >= 0.6 is 24.2 Å². The molecule has 1 atom stereocenters. The molecule has 0 aliphatic heterocycles. The van der Waals surface area contributed by atoms with Crippen LogP contribution in [0.5, 0.6) is 0 Å². The van der Waals surface area contributed by atoms with Gasteiger partial charge in [-0.2, -0.15) is 0 Å². The molecule has 248 valence electrons. The Morgan fingerprint density at radius 2 is 1.70 bits per heavy atom. The minimum Gasteiger partial charge on any atom is -0.383 e. The van der Waals surface area contributed by atoms with Crippen molar-refractivity contribution in [1.82, 2.24) is 19.6 Å². The third kappa shape index (κ3) is 9.12. The van der Waals surface area contributed by atoms with Gasteiger partial charge in [0.25, 0.3) is 0 Å². The van der Waals surface area contributed by atoms with E-state index in [1.807, 2.05) is 31.1 Å². The van der Waals surface area contributed by atoms with Gasteiger partial charge in [-0.1, -0.05) is 38.1 Å². The predicted molar refractivity (Wildman–Crippen MR) is 183 cm³/mol. The molecule has 15 heteroatoms. The molecule has 0 aliphatic carbocycles. The summed E-state index contributed by atoms with van der Waals surface area (Å²) in [5.74, 6) is -1.30. The monoisotopic (exact) mass is 690 g/mol. The van der Waals surface area contributed by atoms with Gasteiger partial charge >= 0.3 is 0 Å². The number of benzene rings is 2. The molecule has 46 heavy (non-hydrogen) atoms. The lowest BCUT2D eigenvalue weighted by atomic mass is 10.1. The van der Waals surface area contributed by atoms with Crippen molar-refractivity contribution < 1.29 is 27.6 Å². The minimum atomic E-state index is -4.19. The van der Waals surface area contributed by atoms with Crippen molar-refractivity contribution in [2.75, 3.05) is 24.7 Å². The molecule has 0 fully saturated rings. The van der Waals surface area contributed by atoms with Crippen LogP contribution in [0.25, 0.3) is 10.8 Å². The Balaban J connectivity index is 0.00000736. The topological polar surface area (TPSA) is 173 Å². The number of nitrogens with one attached hydrogen (secondary N) is 1. The van der Waals surface area contributed by atoms with Gasteiger partial charge in [0.2, 0.25) is 16.4 Å². The number of hydrogen-bond donors (Lipinski definition) is 2. The minimum absolute atomic E-state index is 0. The van der Waals surface area contributed by atoms with Gasteiger partial charge in [-0.05, 0) is 44.7 Å². The SMILES string of the molecule is CC(=C(SC(=O)C(C)C)C(=O)CC(=O)C(C)NS(=O)(=O)c1cccc2c(N(C)C)cccc12)N(C=O)Cc1cnc(C)nc1N.Cl. The molecule has 0 aliphatic rings. The average Bonchev–Trinajstić information content (AvgIpc) is 2.97. The summed E-state index contributed by atoms with van der Waals surface area (Å²) in [6, 6.07) is 8.91. The van der Waals surface area contributed by atoms with Crippen molar-refractivity contribution in [3.63, 3.8) is 0 Å². The Hall–Kier alpha value is -3.85. The van der Waals surface area contributed by atoms with Crippen LogP contribution in [0.3, 0.4) is 0 Å². The maximum absolute atomic E-state index is 13.5. The van der Waals surface area contributed by atoms with Crippen LogP contribution in [0.2, 0.25) is 0 Å². The first-order valence-corrected chi connectivity index (χ1v) is 16.4. The van der Waals surface area contributed by atoms with Crippen LogP contribution in [0.4, 0.5) is 11.5 Å². The van der Waals surface area contributed by atoms with Gasteiger partial charge in [-0.3, -0.25) is 19.2 Å². The predicted octanol–water partition coefficient (Wildman–Crippen LogP) is 4.01. The van der Waals surface area contributed by atoms with E-state index >= 15 is 0 Å². The molecule has 3 rings (SSSR count). The van der Waals surface area contributed by atoms with Crippen molar-refractivity contribution in [3.8, 4) is 0 Å². The summed E-state index contributed by atoms with van der Waals surface area (Å²) in [7, 11) is -0.483. The van der Waals surface area contributed by atoms with Crippen LogP contribution in [-0.4, -0.2) is 66.5 Å². The summed E-state index contributed by atoms with van der Waals surface area (Å²) >= 11 is 0.632. The van der Waals surface area contributed by atoms with Gasteiger partial charge in [0, 0.05) is 53.9 Å². The Bertz CT molecular complexity index is 1780. The lowest BCUT2D eigenvalue weighted by Gasteiger charge is -2.22. The normalized spacial score (nSPS) is 12.6. The number of nitrogens with zero attached hydrogens (tertiary/aromatic N) is 4. The zero-order valence-electron chi connectivity index (χ0n) is 26.7. The zero-order chi connectivity index (χ0) is 33.6. The number of thioether (sulfide) groups is 1. The number of halogens is 1. The number of amides is 1.